The summed E-state index contributed by atoms with van der Waals surface area (Å²) in [5.74, 6) is -1.48. The van der Waals surface area contributed by atoms with Gasteiger partial charge in [-0.3, -0.25) is 4.98 Å². The van der Waals surface area contributed by atoms with Gasteiger partial charge in [-0.05, 0) is 42.0 Å². The van der Waals surface area contributed by atoms with E-state index < -0.39 is 5.97 Å². The molecule has 0 radical (unpaired) electrons. The van der Waals surface area contributed by atoms with Crippen molar-refractivity contribution >= 4 is 5.97 Å². The average molecular weight is 283 g/mol. The van der Waals surface area contributed by atoms with Crippen LogP contribution in [0.3, 0.4) is 0 Å². The average Bonchev–Trinajstić information content (AvgIpc) is 2.94. The molecule has 0 saturated carbocycles. The zero-order chi connectivity index (χ0) is 14.8. The van der Waals surface area contributed by atoms with E-state index in [1.165, 1.54) is 28.9 Å². The smallest absolute Gasteiger partial charge is 0.357 e. The summed E-state index contributed by atoms with van der Waals surface area (Å²) in [4.78, 5) is 15.2. The number of carbonyl (C=O) groups is 1. The number of aromatic carboxylic acids is 1. The van der Waals surface area contributed by atoms with Crippen molar-refractivity contribution in [1.82, 2.24) is 14.8 Å². The Hall–Kier alpha value is -3.02. The van der Waals surface area contributed by atoms with E-state index in [0.717, 1.165) is 0 Å². The number of hydrogen-bond donors (Lipinski definition) is 1. The molecule has 2 heterocycles. The lowest BCUT2D eigenvalue weighted by atomic mass is 10.1. The van der Waals surface area contributed by atoms with Gasteiger partial charge in [0.25, 0.3) is 0 Å². The van der Waals surface area contributed by atoms with Crippen LogP contribution in [0.4, 0.5) is 4.39 Å². The van der Waals surface area contributed by atoms with Crippen molar-refractivity contribution in [2.24, 2.45) is 0 Å². The molecule has 104 valence electrons. The maximum absolute atomic E-state index is 12.9. The van der Waals surface area contributed by atoms with Crippen LogP contribution in [0.2, 0.25) is 0 Å². The maximum Gasteiger partial charge on any atom is 0.357 e. The lowest BCUT2D eigenvalue weighted by Crippen LogP contribution is -2.01. The number of aromatic nitrogens is 3. The molecule has 0 atom stereocenters. The lowest BCUT2D eigenvalue weighted by Gasteiger charge is -1.99. The van der Waals surface area contributed by atoms with Crippen LogP contribution in [0.1, 0.15) is 10.5 Å². The minimum atomic E-state index is -1.12. The van der Waals surface area contributed by atoms with E-state index in [9.17, 15) is 14.3 Å². The van der Waals surface area contributed by atoms with Crippen molar-refractivity contribution in [2.45, 2.75) is 0 Å². The third kappa shape index (κ3) is 2.51. The zero-order valence-electron chi connectivity index (χ0n) is 10.8. The minimum Gasteiger partial charge on any atom is -0.476 e. The van der Waals surface area contributed by atoms with Crippen LogP contribution in [0.25, 0.3) is 16.8 Å². The number of hydrogen-bond acceptors (Lipinski definition) is 3. The maximum atomic E-state index is 12.9. The monoisotopic (exact) mass is 283 g/mol. The summed E-state index contributed by atoms with van der Waals surface area (Å²) in [5, 5.41) is 13.3. The Morgan fingerprint density at radius 2 is 1.76 bits per heavy atom. The van der Waals surface area contributed by atoms with Crippen LogP contribution < -0.4 is 0 Å². The predicted molar refractivity (Wildman–Crippen MR) is 73.7 cm³/mol. The molecule has 0 unspecified atom stereocenters. The summed E-state index contributed by atoms with van der Waals surface area (Å²) in [5.41, 5.74) is 1.70. The van der Waals surface area contributed by atoms with Gasteiger partial charge in [0, 0.05) is 24.2 Å². The normalized spacial score (nSPS) is 10.5. The number of benzene rings is 1. The Balaban J connectivity index is 2.13. The third-order valence-corrected chi connectivity index (χ3v) is 3.00. The molecular formula is C15H10FN3O2. The fraction of sp³-hybridized carbons (Fsp3) is 0. The van der Waals surface area contributed by atoms with Crippen LogP contribution in [0, 0.1) is 5.82 Å². The molecule has 2 aromatic heterocycles. The fourth-order valence-corrected chi connectivity index (χ4v) is 2.00. The molecule has 0 aliphatic heterocycles. The van der Waals surface area contributed by atoms with E-state index in [4.69, 9.17) is 0 Å². The van der Waals surface area contributed by atoms with Crippen molar-refractivity contribution in [3.63, 3.8) is 0 Å². The highest BCUT2D eigenvalue weighted by Crippen LogP contribution is 2.24. The Morgan fingerprint density at radius 1 is 1.10 bits per heavy atom. The van der Waals surface area contributed by atoms with Gasteiger partial charge in [0.15, 0.2) is 5.69 Å². The zero-order valence-corrected chi connectivity index (χ0v) is 10.8. The Kier molecular flexibility index (Phi) is 3.19. The molecule has 3 aromatic rings. The minimum absolute atomic E-state index is 0.0643. The summed E-state index contributed by atoms with van der Waals surface area (Å²) in [6.45, 7) is 0. The van der Waals surface area contributed by atoms with E-state index in [1.54, 1.807) is 30.7 Å². The van der Waals surface area contributed by atoms with Crippen molar-refractivity contribution in [3.05, 3.63) is 66.5 Å². The second-order valence-corrected chi connectivity index (χ2v) is 4.35. The molecule has 5 nitrogen and oxygen atoms in total. The highest BCUT2D eigenvalue weighted by atomic mass is 19.1. The van der Waals surface area contributed by atoms with E-state index in [2.05, 4.69) is 10.1 Å². The highest BCUT2D eigenvalue weighted by Gasteiger charge is 2.17. The van der Waals surface area contributed by atoms with Gasteiger partial charge in [0.2, 0.25) is 0 Å². The number of pyridine rings is 1. The van der Waals surface area contributed by atoms with Crippen LogP contribution in [-0.2, 0) is 0 Å². The molecule has 0 aliphatic carbocycles. The second-order valence-electron chi connectivity index (χ2n) is 4.35. The topological polar surface area (TPSA) is 68.0 Å². The van der Waals surface area contributed by atoms with Gasteiger partial charge in [-0.15, -0.1) is 0 Å². The van der Waals surface area contributed by atoms with Gasteiger partial charge in [0.1, 0.15) is 5.82 Å². The first-order valence-corrected chi connectivity index (χ1v) is 6.14. The van der Waals surface area contributed by atoms with E-state index >= 15 is 0 Å². The van der Waals surface area contributed by atoms with E-state index in [1.807, 2.05) is 0 Å². The third-order valence-electron chi connectivity index (χ3n) is 3.00. The molecule has 6 heteroatoms. The standard InChI is InChI=1S/C15H10FN3O2/c16-11-1-3-12(4-2-11)19-9-13(14(18-19)15(20)21)10-5-7-17-8-6-10/h1-9H,(H,20,21). The first kappa shape index (κ1) is 13.0. The SMILES string of the molecule is O=C(O)c1nn(-c2ccc(F)cc2)cc1-c1ccncc1. The largest absolute Gasteiger partial charge is 0.476 e. The van der Waals surface area contributed by atoms with Gasteiger partial charge in [0.05, 0.1) is 5.69 Å². The molecule has 1 aromatic carbocycles. The summed E-state index contributed by atoms with van der Waals surface area (Å²) < 4.78 is 14.4. The van der Waals surface area contributed by atoms with Crippen LogP contribution in [0.5, 0.6) is 0 Å². The van der Waals surface area contributed by atoms with E-state index in [-0.39, 0.29) is 11.5 Å². The Bertz CT molecular complexity index is 782. The Morgan fingerprint density at radius 3 is 2.38 bits per heavy atom. The second kappa shape index (κ2) is 5.16. The molecule has 0 fully saturated rings. The first-order chi connectivity index (χ1) is 10.1. The van der Waals surface area contributed by atoms with Crippen LogP contribution >= 0.6 is 0 Å². The molecule has 3 rings (SSSR count). The number of nitrogens with zero attached hydrogens (tertiary/aromatic N) is 3. The predicted octanol–water partition coefficient (Wildman–Crippen LogP) is 2.77. The van der Waals surface area contributed by atoms with Crippen molar-refractivity contribution in [3.8, 4) is 16.8 Å². The van der Waals surface area contributed by atoms with Crippen molar-refractivity contribution in [1.29, 1.82) is 0 Å². The first-order valence-electron chi connectivity index (χ1n) is 6.14. The molecule has 0 spiro atoms. The number of carboxylic acids is 1. The molecular weight excluding hydrogens is 273 g/mol. The number of halogens is 1. The fourth-order valence-electron chi connectivity index (χ4n) is 2.00. The molecule has 0 amide bonds. The molecule has 0 aliphatic rings. The van der Waals surface area contributed by atoms with Gasteiger partial charge in [-0.1, -0.05) is 0 Å². The molecule has 21 heavy (non-hydrogen) atoms. The molecule has 0 saturated heterocycles. The van der Waals surface area contributed by atoms with Gasteiger partial charge in [-0.2, -0.15) is 5.10 Å². The quantitative estimate of drug-likeness (QED) is 0.802. The summed E-state index contributed by atoms with van der Waals surface area (Å²) >= 11 is 0. The van der Waals surface area contributed by atoms with Gasteiger partial charge >= 0.3 is 5.97 Å². The Labute approximate surface area is 119 Å². The molecule has 0 bridgehead atoms. The summed E-state index contributed by atoms with van der Waals surface area (Å²) in [6, 6.07) is 9.07. The van der Waals surface area contributed by atoms with Crippen LogP contribution in [-0.4, -0.2) is 25.8 Å². The molecule has 1 N–H and O–H groups in total. The van der Waals surface area contributed by atoms with Gasteiger partial charge in [-0.25, -0.2) is 13.9 Å². The summed E-state index contributed by atoms with van der Waals surface area (Å²) in [6.07, 6.45) is 4.76. The van der Waals surface area contributed by atoms with Crippen LogP contribution in [0.15, 0.2) is 55.0 Å². The van der Waals surface area contributed by atoms with Crippen molar-refractivity contribution in [2.75, 3.05) is 0 Å². The van der Waals surface area contributed by atoms with Crippen molar-refractivity contribution < 1.29 is 14.3 Å². The highest BCUT2D eigenvalue weighted by molar-refractivity contribution is 5.93. The van der Waals surface area contributed by atoms with E-state index in [0.29, 0.717) is 16.8 Å². The van der Waals surface area contributed by atoms with Gasteiger partial charge < -0.3 is 5.11 Å². The number of carboxylic acid groups (broad SMARTS) is 1. The lowest BCUT2D eigenvalue weighted by molar-refractivity contribution is 0.0691. The number of rotatable bonds is 3. The summed E-state index contributed by atoms with van der Waals surface area (Å²) in [7, 11) is 0.